The average Bonchev–Trinajstić information content (AvgIpc) is 4.13. The molecule has 2 saturated carbocycles. The van der Waals surface area contributed by atoms with Gasteiger partial charge in [0.2, 0.25) is 33.3 Å². The lowest BCUT2D eigenvalue weighted by molar-refractivity contribution is -0.244. The predicted molar refractivity (Wildman–Crippen MR) is 229 cm³/mol. The molecule has 20 heteroatoms. The minimum absolute atomic E-state index is 0.0419. The highest BCUT2D eigenvalue weighted by Crippen LogP contribution is 2.48. The Labute approximate surface area is 371 Å². The molecule has 2 aromatic rings. The lowest BCUT2D eigenvalue weighted by Gasteiger charge is -2.35. The number of allylic oxidation sites excluding steroid dienone is 1. The molecular formula is C44H59F3N6O10S. The molecule has 2 aliphatic carbocycles. The molecule has 3 aliphatic heterocycles. The van der Waals surface area contributed by atoms with E-state index in [1.54, 1.807) is 45.4 Å². The summed E-state index contributed by atoms with van der Waals surface area (Å²) in [5.41, 5.74) is -3.73. The second-order valence-corrected chi connectivity index (χ2v) is 20.8. The lowest BCUT2D eigenvalue weighted by Crippen LogP contribution is -2.60. The van der Waals surface area contributed by atoms with Crippen molar-refractivity contribution in [2.24, 2.45) is 17.8 Å². The molecule has 4 heterocycles. The number of fused-ring (bicyclic) bond motifs is 3. The normalized spacial score (nSPS) is 28.8. The van der Waals surface area contributed by atoms with Crippen LogP contribution in [0.5, 0.6) is 11.6 Å². The average molecular weight is 921 g/mol. The van der Waals surface area contributed by atoms with Crippen LogP contribution in [0.3, 0.4) is 0 Å². The van der Waals surface area contributed by atoms with E-state index in [1.807, 2.05) is 19.1 Å². The topological polar surface area (TPSA) is 195 Å². The van der Waals surface area contributed by atoms with E-state index in [9.17, 15) is 36.0 Å². The number of alkyl halides is 3. The van der Waals surface area contributed by atoms with Crippen LogP contribution in [0.2, 0.25) is 0 Å². The SMILES string of the molecule is CCC1CC(C)CCC=CC2CC2(C(=O)NS(=O)(=O)C2(C)CC2)NC(=O)C2CC(Oc3ncc(N4CCOCC4)c4cc(OC)ccc34)CN2C(=O)C1NC(=O)OC(C)(C)C(F)(F)F. The van der Waals surface area contributed by atoms with Crippen molar-refractivity contribution in [3.8, 4) is 11.6 Å². The first-order valence-electron chi connectivity index (χ1n) is 22.0. The molecule has 0 spiro atoms. The third-order valence-corrected chi connectivity index (χ3v) is 15.7. The van der Waals surface area contributed by atoms with Gasteiger partial charge in [-0.15, -0.1) is 0 Å². The first-order valence-corrected chi connectivity index (χ1v) is 23.5. The van der Waals surface area contributed by atoms with Crippen molar-refractivity contribution in [1.29, 1.82) is 0 Å². The number of nitrogens with zero attached hydrogens (tertiary/aromatic N) is 3. The summed E-state index contributed by atoms with van der Waals surface area (Å²) in [4.78, 5) is 65.3. The maximum Gasteiger partial charge on any atom is 0.427 e. The third kappa shape index (κ3) is 9.58. The Bertz CT molecular complexity index is 2270. The lowest BCUT2D eigenvalue weighted by atomic mass is 9.85. The van der Waals surface area contributed by atoms with E-state index < -0.39 is 85.9 Å². The van der Waals surface area contributed by atoms with Crippen LogP contribution >= 0.6 is 0 Å². The number of pyridine rings is 1. The van der Waals surface area contributed by atoms with Gasteiger partial charge in [0.15, 0.2) is 0 Å². The standard InChI is InChI=1S/C44H59F3N6O10S/c1-7-27-20-26(2)10-8-9-11-28-23-43(28,39(56)51-64(58,59)42(5)14-15-42)50-36(54)33-22-30(25-53(33)38(55)35(27)49-40(57)63-41(3,4)44(45,46)47)62-37-31-13-12-29(60-6)21-32(31)34(24-48-37)52-16-18-61-19-17-52/h9,11-13,21,24,26-28,30,33,35H,7-8,10,14-20,22-23,25H2,1-6H3,(H,49,57)(H,50,54)(H,51,56). The molecule has 1 aromatic heterocycles. The van der Waals surface area contributed by atoms with Crippen LogP contribution in [0.1, 0.15) is 86.0 Å². The van der Waals surface area contributed by atoms with Gasteiger partial charge in [-0.2, -0.15) is 13.2 Å². The number of morpholine rings is 1. The molecule has 0 radical (unpaired) electrons. The van der Waals surface area contributed by atoms with E-state index in [4.69, 9.17) is 23.9 Å². The second-order valence-electron chi connectivity index (χ2n) is 18.6. The van der Waals surface area contributed by atoms with Gasteiger partial charge < -0.3 is 39.4 Å². The number of hydrogen-bond donors (Lipinski definition) is 3. The van der Waals surface area contributed by atoms with E-state index in [1.165, 1.54) is 4.90 Å². The highest BCUT2D eigenvalue weighted by molar-refractivity contribution is 7.91. The Morgan fingerprint density at radius 3 is 2.47 bits per heavy atom. The third-order valence-electron chi connectivity index (χ3n) is 13.6. The number of ether oxygens (including phenoxy) is 4. The molecule has 352 valence electrons. The summed E-state index contributed by atoms with van der Waals surface area (Å²) in [5, 5.41) is 6.68. The van der Waals surface area contributed by atoms with Gasteiger partial charge in [-0.05, 0) is 89.3 Å². The van der Waals surface area contributed by atoms with E-state index >= 15 is 4.79 Å². The quantitative estimate of drug-likeness (QED) is 0.266. The number of benzene rings is 1. The van der Waals surface area contributed by atoms with Crippen LogP contribution in [-0.2, 0) is 33.9 Å². The van der Waals surface area contributed by atoms with Crippen LogP contribution in [0, 0.1) is 17.8 Å². The summed E-state index contributed by atoms with van der Waals surface area (Å²) in [6.45, 7) is 8.80. The highest BCUT2D eigenvalue weighted by Gasteiger charge is 2.63. The molecule has 7 unspecified atom stereocenters. The van der Waals surface area contributed by atoms with E-state index in [-0.39, 0.29) is 31.2 Å². The Balaban J connectivity index is 1.25. The first kappa shape index (κ1) is 47.1. The number of anilines is 1. The van der Waals surface area contributed by atoms with Crippen LogP contribution < -0.4 is 29.7 Å². The minimum Gasteiger partial charge on any atom is -0.497 e. The largest absolute Gasteiger partial charge is 0.497 e. The number of aromatic nitrogens is 1. The minimum atomic E-state index is -4.92. The van der Waals surface area contributed by atoms with Crippen molar-refractivity contribution >= 4 is 50.3 Å². The van der Waals surface area contributed by atoms with Crippen LogP contribution in [0.4, 0.5) is 23.7 Å². The van der Waals surface area contributed by atoms with E-state index in [0.717, 1.165) is 11.1 Å². The number of rotatable bonds is 10. The van der Waals surface area contributed by atoms with Gasteiger partial charge in [0.05, 0.1) is 43.5 Å². The van der Waals surface area contributed by atoms with Gasteiger partial charge in [-0.25, -0.2) is 18.2 Å². The zero-order chi connectivity index (χ0) is 46.4. The molecule has 7 atom stereocenters. The number of carbonyl (C=O) groups excluding carboxylic acids is 4. The van der Waals surface area contributed by atoms with Crippen LogP contribution in [0.25, 0.3) is 10.8 Å². The molecule has 4 fully saturated rings. The fourth-order valence-corrected chi connectivity index (χ4v) is 10.2. The maximum absolute atomic E-state index is 15.1. The molecule has 0 bridgehead atoms. The number of nitrogens with one attached hydrogen (secondary N) is 3. The monoisotopic (exact) mass is 920 g/mol. The molecule has 64 heavy (non-hydrogen) atoms. The smallest absolute Gasteiger partial charge is 0.427 e. The fourth-order valence-electron chi connectivity index (χ4n) is 8.88. The maximum atomic E-state index is 15.1. The van der Waals surface area contributed by atoms with Crippen LogP contribution in [0.15, 0.2) is 36.5 Å². The Hall–Kier alpha value is -4.85. The van der Waals surface area contributed by atoms with Crippen molar-refractivity contribution in [3.63, 3.8) is 0 Å². The summed E-state index contributed by atoms with van der Waals surface area (Å²) >= 11 is 0. The van der Waals surface area contributed by atoms with Gasteiger partial charge >= 0.3 is 12.3 Å². The molecular weight excluding hydrogens is 862 g/mol. The molecule has 3 N–H and O–H groups in total. The Kier molecular flexibility index (Phi) is 13.1. The number of alkyl carbamates (subject to hydrolysis) is 1. The first-order chi connectivity index (χ1) is 30.1. The molecule has 4 amide bonds. The fraction of sp³-hybridized carbons (Fsp3) is 0.659. The van der Waals surface area contributed by atoms with Crippen molar-refractivity contribution in [3.05, 3.63) is 36.5 Å². The number of sulfonamides is 1. The highest BCUT2D eigenvalue weighted by atomic mass is 32.2. The molecule has 1 aromatic carbocycles. The summed E-state index contributed by atoms with van der Waals surface area (Å²) in [6.07, 6.45) is 0.668. The molecule has 7 rings (SSSR count). The van der Waals surface area contributed by atoms with Gasteiger partial charge in [-0.1, -0.05) is 32.4 Å². The van der Waals surface area contributed by atoms with Gasteiger partial charge in [0.1, 0.15) is 29.5 Å². The zero-order valence-electron chi connectivity index (χ0n) is 37.1. The molecule has 5 aliphatic rings. The summed E-state index contributed by atoms with van der Waals surface area (Å²) in [6, 6.07) is 2.64. The number of halogens is 3. The van der Waals surface area contributed by atoms with E-state index in [2.05, 4.69) is 20.3 Å². The van der Waals surface area contributed by atoms with Crippen molar-refractivity contribution < 1.29 is 59.7 Å². The van der Waals surface area contributed by atoms with Gasteiger partial charge in [0.25, 0.3) is 5.91 Å². The van der Waals surface area contributed by atoms with E-state index in [0.29, 0.717) is 89.8 Å². The number of methoxy groups -OCH3 is 1. The summed E-state index contributed by atoms with van der Waals surface area (Å²) < 4.78 is 92.0. The van der Waals surface area contributed by atoms with Gasteiger partial charge in [0, 0.05) is 36.2 Å². The molecule has 2 saturated heterocycles. The van der Waals surface area contributed by atoms with Crippen molar-refractivity contribution in [2.45, 2.75) is 126 Å². The number of amides is 4. The van der Waals surface area contributed by atoms with Crippen molar-refractivity contribution in [2.75, 3.05) is 44.9 Å². The van der Waals surface area contributed by atoms with Crippen LogP contribution in [-0.4, -0.2) is 122 Å². The zero-order valence-corrected chi connectivity index (χ0v) is 37.9. The summed E-state index contributed by atoms with van der Waals surface area (Å²) in [7, 11) is -2.54. The number of hydrogen-bond acceptors (Lipinski definition) is 12. The van der Waals surface area contributed by atoms with Gasteiger partial charge in [-0.3, -0.25) is 19.1 Å². The summed E-state index contributed by atoms with van der Waals surface area (Å²) in [5.74, 6) is -2.84. The Morgan fingerprint density at radius 2 is 1.81 bits per heavy atom. The molecule has 16 nitrogen and oxygen atoms in total. The number of carbonyl (C=O) groups is 4. The predicted octanol–water partition coefficient (Wildman–Crippen LogP) is 5.14. The van der Waals surface area contributed by atoms with Crippen molar-refractivity contribution in [1.82, 2.24) is 25.2 Å². The Morgan fingerprint density at radius 1 is 1.09 bits per heavy atom. The second kappa shape index (κ2) is 17.9.